The third kappa shape index (κ3) is 4.79. The molecule has 0 bridgehead atoms. The summed E-state index contributed by atoms with van der Waals surface area (Å²) in [7, 11) is 1.56. The number of pyridine rings is 1. The van der Waals surface area contributed by atoms with Crippen LogP contribution in [0.25, 0.3) is 10.1 Å². The maximum atomic E-state index is 14.2. The largest absolute Gasteiger partial charge is 0.489 e. The van der Waals surface area contributed by atoms with Gasteiger partial charge < -0.3 is 10.1 Å². The van der Waals surface area contributed by atoms with Crippen molar-refractivity contribution in [1.29, 1.82) is 0 Å². The molecule has 2 aromatic heterocycles. The quantitative estimate of drug-likeness (QED) is 0.524. The molecule has 1 saturated heterocycles. The van der Waals surface area contributed by atoms with E-state index in [0.717, 1.165) is 10.9 Å². The van der Waals surface area contributed by atoms with E-state index in [1.165, 1.54) is 34.4 Å². The second-order valence-corrected chi connectivity index (χ2v) is 9.23. The molecule has 3 aromatic rings. The molecule has 0 spiro atoms. The first-order valence-electron chi connectivity index (χ1n) is 10.00. The van der Waals surface area contributed by atoms with Crippen molar-refractivity contribution in [2.24, 2.45) is 0 Å². The van der Waals surface area contributed by atoms with Gasteiger partial charge in [-0.15, -0.1) is 11.3 Å². The van der Waals surface area contributed by atoms with Gasteiger partial charge >= 0.3 is 6.18 Å². The van der Waals surface area contributed by atoms with Crippen LogP contribution in [0.2, 0.25) is 0 Å². The number of alkyl halides is 5. The number of hydrogen-bond donors (Lipinski definition) is 1. The molecule has 1 fully saturated rings. The van der Waals surface area contributed by atoms with Gasteiger partial charge in [0, 0.05) is 33.3 Å². The van der Waals surface area contributed by atoms with E-state index in [0.29, 0.717) is 10.3 Å². The summed E-state index contributed by atoms with van der Waals surface area (Å²) < 4.78 is 74.1. The molecule has 11 heteroatoms. The van der Waals surface area contributed by atoms with Crippen LogP contribution >= 0.6 is 11.3 Å². The number of thiophene rings is 1. The lowest BCUT2D eigenvalue weighted by atomic mass is 10.1. The Morgan fingerprint density at radius 2 is 2.09 bits per heavy atom. The van der Waals surface area contributed by atoms with Gasteiger partial charge in [-0.05, 0) is 38.2 Å². The van der Waals surface area contributed by atoms with Gasteiger partial charge in [-0.1, -0.05) is 6.07 Å². The molecule has 1 N–H and O–H groups in total. The van der Waals surface area contributed by atoms with Crippen LogP contribution in [0.5, 0.6) is 5.75 Å². The van der Waals surface area contributed by atoms with Crippen LogP contribution in [-0.2, 0) is 12.8 Å². The summed E-state index contributed by atoms with van der Waals surface area (Å²) in [5, 5.41) is 2.93. The van der Waals surface area contributed by atoms with Gasteiger partial charge in [0.05, 0.1) is 12.1 Å². The van der Waals surface area contributed by atoms with Crippen LogP contribution in [0.1, 0.15) is 26.5 Å². The highest BCUT2D eigenvalue weighted by atomic mass is 32.1. The number of carbonyl (C=O) groups excluding carboxylic acids is 1. The molecule has 176 valence electrons. The van der Waals surface area contributed by atoms with Crippen molar-refractivity contribution in [2.45, 2.75) is 31.7 Å². The predicted molar refractivity (Wildman–Crippen MR) is 114 cm³/mol. The highest BCUT2D eigenvalue weighted by Gasteiger charge is 2.47. The van der Waals surface area contributed by atoms with E-state index in [9.17, 15) is 26.7 Å². The van der Waals surface area contributed by atoms with Gasteiger partial charge in [0.15, 0.2) is 5.69 Å². The number of benzene rings is 1. The topological polar surface area (TPSA) is 54.5 Å². The van der Waals surface area contributed by atoms with Crippen LogP contribution in [-0.4, -0.2) is 47.9 Å². The summed E-state index contributed by atoms with van der Waals surface area (Å²) in [4.78, 5) is 18.4. The minimum absolute atomic E-state index is 0.0286. The molecule has 1 atom stereocenters. The summed E-state index contributed by atoms with van der Waals surface area (Å²) in [6.07, 6.45) is -3.56. The molecule has 3 heterocycles. The van der Waals surface area contributed by atoms with Crippen molar-refractivity contribution in [3.05, 3.63) is 58.2 Å². The van der Waals surface area contributed by atoms with Crippen LogP contribution in [0.3, 0.4) is 0 Å². The monoisotopic (exact) mass is 485 g/mol. The molecule has 1 aliphatic heterocycles. The Kier molecular flexibility index (Phi) is 6.04. The number of carbonyl (C=O) groups is 1. The highest BCUT2D eigenvalue weighted by molar-refractivity contribution is 7.19. The van der Waals surface area contributed by atoms with Crippen molar-refractivity contribution >= 4 is 27.3 Å². The summed E-state index contributed by atoms with van der Waals surface area (Å²) in [5.74, 6) is -3.42. The minimum Gasteiger partial charge on any atom is -0.489 e. The number of fused-ring (bicyclic) bond motifs is 1. The van der Waals surface area contributed by atoms with Crippen molar-refractivity contribution < 1.29 is 31.5 Å². The fraction of sp³-hybridized carbons (Fsp3) is 0.364. The number of aromatic nitrogens is 1. The van der Waals surface area contributed by atoms with E-state index in [1.54, 1.807) is 26.1 Å². The number of halogens is 5. The maximum Gasteiger partial charge on any atom is 0.433 e. The Balaban J connectivity index is 1.58. The minimum atomic E-state index is -4.62. The van der Waals surface area contributed by atoms with Crippen LogP contribution in [0.15, 0.2) is 36.5 Å². The zero-order chi connectivity index (χ0) is 24.0. The van der Waals surface area contributed by atoms with Crippen LogP contribution in [0, 0.1) is 6.92 Å². The molecule has 4 rings (SSSR count). The van der Waals surface area contributed by atoms with Gasteiger partial charge in [0.25, 0.3) is 11.8 Å². The lowest BCUT2D eigenvalue weighted by Crippen LogP contribution is -2.46. The number of aryl methyl sites for hydroxylation is 1. The van der Waals surface area contributed by atoms with E-state index in [1.807, 2.05) is 0 Å². The van der Waals surface area contributed by atoms with Gasteiger partial charge in [-0.3, -0.25) is 14.7 Å². The van der Waals surface area contributed by atoms with Crippen molar-refractivity contribution in [2.75, 3.05) is 20.1 Å². The number of likely N-dealkylation sites (N-methyl/N-ethyl adjacent to an activating group) is 1. The lowest BCUT2D eigenvalue weighted by Gasteiger charge is -2.19. The Bertz CT molecular complexity index is 1190. The molecule has 1 unspecified atom stereocenters. The van der Waals surface area contributed by atoms with Crippen LogP contribution < -0.4 is 10.1 Å². The van der Waals surface area contributed by atoms with Crippen molar-refractivity contribution in [1.82, 2.24) is 15.2 Å². The molecule has 1 aliphatic rings. The van der Waals surface area contributed by atoms with Gasteiger partial charge in [0.1, 0.15) is 18.4 Å². The number of hydrogen-bond acceptors (Lipinski definition) is 5. The lowest BCUT2D eigenvalue weighted by molar-refractivity contribution is -0.142. The number of nitrogens with zero attached hydrogens (tertiary/aromatic N) is 2. The molecule has 5 nitrogen and oxygen atoms in total. The van der Waals surface area contributed by atoms with Gasteiger partial charge in [0.2, 0.25) is 0 Å². The second kappa shape index (κ2) is 8.53. The normalized spacial score (nSPS) is 18.6. The zero-order valence-electron chi connectivity index (χ0n) is 17.7. The van der Waals surface area contributed by atoms with Crippen LogP contribution in [0.4, 0.5) is 22.0 Å². The molecular formula is C22H20F5N3O2S. The molecule has 33 heavy (non-hydrogen) atoms. The van der Waals surface area contributed by atoms with E-state index in [-0.39, 0.29) is 30.0 Å². The summed E-state index contributed by atoms with van der Waals surface area (Å²) in [6.45, 7) is 0.929. The second-order valence-electron chi connectivity index (χ2n) is 7.97. The van der Waals surface area contributed by atoms with Crippen molar-refractivity contribution in [3.8, 4) is 5.75 Å². The molecule has 0 radical (unpaired) electrons. The Morgan fingerprint density at radius 1 is 1.33 bits per heavy atom. The first kappa shape index (κ1) is 23.4. The Hall–Kier alpha value is -2.79. The molecular weight excluding hydrogens is 465 g/mol. The average Bonchev–Trinajstić information content (AvgIpc) is 3.18. The fourth-order valence-corrected chi connectivity index (χ4v) is 4.95. The van der Waals surface area contributed by atoms with Gasteiger partial charge in [-0.25, -0.2) is 8.78 Å². The van der Waals surface area contributed by atoms with Crippen molar-refractivity contribution in [3.63, 3.8) is 0 Å². The molecule has 1 aromatic carbocycles. The zero-order valence-corrected chi connectivity index (χ0v) is 18.5. The Morgan fingerprint density at radius 3 is 2.76 bits per heavy atom. The fourth-order valence-electron chi connectivity index (χ4n) is 3.90. The Labute approximate surface area is 190 Å². The van der Waals surface area contributed by atoms with E-state index < -0.39 is 36.3 Å². The number of ether oxygens (including phenoxy) is 1. The predicted octanol–water partition coefficient (Wildman–Crippen LogP) is 4.88. The van der Waals surface area contributed by atoms with E-state index >= 15 is 0 Å². The summed E-state index contributed by atoms with van der Waals surface area (Å²) >= 11 is 1.32. The number of nitrogens with one attached hydrogen (secondary N) is 1. The standard InChI is InChI=1S/C22H20F5N3O2S/c1-12-18(20(31)29-17-9-30(2)11-21(17,23)24)15-8-14(5-6-16(15)33-12)32-10-13-4-3-7-28-19(13)22(25,26)27/h3-8,17H,9-11H2,1-2H3,(H,29,31). The highest BCUT2D eigenvalue weighted by Crippen LogP contribution is 2.35. The van der Waals surface area contributed by atoms with Gasteiger partial charge in [-0.2, -0.15) is 13.2 Å². The number of likely N-dealkylation sites (tertiary alicyclic amines) is 1. The first-order valence-corrected chi connectivity index (χ1v) is 10.8. The number of rotatable bonds is 5. The summed E-state index contributed by atoms with van der Waals surface area (Å²) in [5.41, 5.74) is -0.903. The van der Waals surface area contributed by atoms with E-state index in [4.69, 9.17) is 4.74 Å². The SMILES string of the molecule is Cc1sc2ccc(OCc3cccnc3C(F)(F)F)cc2c1C(=O)NC1CN(C)CC1(F)F. The third-order valence-electron chi connectivity index (χ3n) is 5.41. The van der Waals surface area contributed by atoms with E-state index in [2.05, 4.69) is 10.3 Å². The maximum absolute atomic E-state index is 14.2. The average molecular weight is 485 g/mol. The first-order chi connectivity index (χ1) is 15.5. The molecule has 1 amide bonds. The molecule has 0 aliphatic carbocycles. The summed E-state index contributed by atoms with van der Waals surface area (Å²) in [6, 6.07) is 6.17. The molecule has 0 saturated carbocycles. The number of amides is 1. The third-order valence-corrected chi connectivity index (χ3v) is 6.49. The smallest absolute Gasteiger partial charge is 0.433 e.